The fourth-order valence-corrected chi connectivity index (χ4v) is 3.18. The van der Waals surface area contributed by atoms with Crippen LogP contribution in [0, 0.1) is 5.82 Å². The molecule has 126 valence electrons. The minimum Gasteiger partial charge on any atom is -0.391 e. The zero-order valence-electron chi connectivity index (χ0n) is 13.5. The third kappa shape index (κ3) is 2.62. The summed E-state index contributed by atoms with van der Waals surface area (Å²) in [6, 6.07) is 2.66. The summed E-state index contributed by atoms with van der Waals surface area (Å²) in [6.45, 7) is 9.42. The van der Waals surface area contributed by atoms with Crippen molar-refractivity contribution in [3.63, 3.8) is 0 Å². The van der Waals surface area contributed by atoms with Crippen molar-refractivity contribution in [3.05, 3.63) is 56.7 Å². The Morgan fingerprint density at radius 2 is 2.08 bits per heavy atom. The molecule has 0 saturated carbocycles. The van der Waals surface area contributed by atoms with E-state index in [-0.39, 0.29) is 16.5 Å². The first kappa shape index (κ1) is 16.4. The van der Waals surface area contributed by atoms with Gasteiger partial charge in [0.1, 0.15) is 5.69 Å². The molecule has 0 spiro atoms. The Morgan fingerprint density at radius 1 is 1.38 bits per heavy atom. The van der Waals surface area contributed by atoms with Crippen LogP contribution in [-0.2, 0) is 12.0 Å². The number of thiazole rings is 1. The number of hydrogen-bond donors (Lipinski definition) is 0. The second-order valence-electron chi connectivity index (χ2n) is 6.37. The fourth-order valence-electron chi connectivity index (χ4n) is 2.27. The number of hydrogen-bond acceptors (Lipinski definition) is 5. The van der Waals surface area contributed by atoms with Gasteiger partial charge in [-0.3, -0.25) is 9.36 Å². The molecule has 3 aromatic rings. The molecular weight excluding hydrogens is 333 g/mol. The zero-order valence-corrected chi connectivity index (χ0v) is 14.3. The lowest BCUT2D eigenvalue weighted by molar-refractivity contribution is 0.375. The summed E-state index contributed by atoms with van der Waals surface area (Å²) in [5, 5.41) is 4.09. The molecule has 0 radical (unpaired) electrons. The molecule has 0 atom stereocenters. The molecule has 0 saturated heterocycles. The molecule has 8 heteroatoms. The first-order chi connectivity index (χ1) is 11.2. The number of benzene rings is 1. The molecule has 0 N–H and O–H groups in total. The molecule has 0 fully saturated rings. The topological polar surface area (TPSA) is 70.0 Å². The molecule has 24 heavy (non-hydrogen) atoms. The highest BCUT2D eigenvalue weighted by molar-refractivity contribution is 7.16. The van der Waals surface area contributed by atoms with E-state index in [2.05, 4.69) is 11.7 Å². The molecule has 2 aromatic heterocycles. The molecule has 0 unspecified atom stereocenters. The highest BCUT2D eigenvalue weighted by Gasteiger charge is 2.24. The van der Waals surface area contributed by atoms with Gasteiger partial charge in [0, 0.05) is 12.0 Å². The quantitative estimate of drug-likeness (QED) is 0.682. The average molecular weight is 349 g/mol. The largest absolute Gasteiger partial charge is 0.442 e. The first-order valence-electron chi connectivity index (χ1n) is 7.27. The highest BCUT2D eigenvalue weighted by Crippen LogP contribution is 2.25. The SMILES string of the molecule is C=CCn1c(=O)sc2cc(F)c(-n3nc(C(C)(C)C)oc3=O)cc21. The van der Waals surface area contributed by atoms with Crippen LogP contribution in [0.1, 0.15) is 26.7 Å². The molecule has 1 aromatic carbocycles. The summed E-state index contributed by atoms with van der Waals surface area (Å²) in [5.41, 5.74) is -0.0194. The summed E-state index contributed by atoms with van der Waals surface area (Å²) in [4.78, 5) is 23.9. The van der Waals surface area contributed by atoms with Crippen LogP contribution in [0.15, 0.2) is 38.8 Å². The Morgan fingerprint density at radius 3 is 2.67 bits per heavy atom. The first-order valence-corrected chi connectivity index (χ1v) is 8.09. The lowest BCUT2D eigenvalue weighted by Gasteiger charge is -2.11. The number of aromatic nitrogens is 3. The molecule has 0 bridgehead atoms. The maximum absolute atomic E-state index is 14.5. The van der Waals surface area contributed by atoms with Gasteiger partial charge < -0.3 is 4.42 Å². The fraction of sp³-hybridized carbons (Fsp3) is 0.312. The van der Waals surface area contributed by atoms with E-state index in [1.54, 1.807) is 6.08 Å². The van der Waals surface area contributed by atoms with Gasteiger partial charge in [0.2, 0.25) is 5.89 Å². The Labute approximate surface area is 140 Å². The molecule has 6 nitrogen and oxygen atoms in total. The highest BCUT2D eigenvalue weighted by atomic mass is 32.1. The number of nitrogens with zero attached hydrogens (tertiary/aromatic N) is 3. The van der Waals surface area contributed by atoms with Crippen LogP contribution in [0.4, 0.5) is 4.39 Å². The summed E-state index contributed by atoms with van der Waals surface area (Å²) < 4.78 is 22.4. The summed E-state index contributed by atoms with van der Waals surface area (Å²) >= 11 is 0.939. The molecule has 0 aliphatic rings. The van der Waals surface area contributed by atoms with Crippen LogP contribution < -0.4 is 10.6 Å². The van der Waals surface area contributed by atoms with E-state index >= 15 is 0 Å². The van der Waals surface area contributed by atoms with Crippen LogP contribution in [0.3, 0.4) is 0 Å². The second-order valence-corrected chi connectivity index (χ2v) is 7.37. The van der Waals surface area contributed by atoms with E-state index in [1.165, 1.54) is 16.7 Å². The van der Waals surface area contributed by atoms with Gasteiger partial charge in [-0.15, -0.1) is 11.7 Å². The minimum atomic E-state index is -0.772. The summed E-state index contributed by atoms with van der Waals surface area (Å²) in [5.74, 6) is -1.21. The maximum atomic E-state index is 14.5. The summed E-state index contributed by atoms with van der Waals surface area (Å²) in [7, 11) is 0. The predicted octanol–water partition coefficient (Wildman–Crippen LogP) is 2.82. The van der Waals surface area contributed by atoms with Crippen molar-refractivity contribution in [2.75, 3.05) is 0 Å². The van der Waals surface area contributed by atoms with E-state index in [0.29, 0.717) is 16.8 Å². The van der Waals surface area contributed by atoms with Crippen LogP contribution >= 0.6 is 11.3 Å². The Hall–Kier alpha value is -2.48. The standard InChI is InChI=1S/C16H16FN3O3S/c1-5-6-19-11-8-10(9(17)7-12(11)24-15(19)22)20-14(21)23-13(18-20)16(2,3)4/h5,7-8H,1,6H2,2-4H3. The number of allylic oxidation sites excluding steroid dienone is 1. The van der Waals surface area contributed by atoms with Crippen molar-refractivity contribution >= 4 is 21.6 Å². The van der Waals surface area contributed by atoms with Crippen LogP contribution in [0.25, 0.3) is 15.9 Å². The van der Waals surface area contributed by atoms with Crippen molar-refractivity contribution in [1.29, 1.82) is 0 Å². The average Bonchev–Trinajstić information content (AvgIpc) is 2.99. The van der Waals surface area contributed by atoms with E-state index in [4.69, 9.17) is 4.42 Å². The lowest BCUT2D eigenvalue weighted by atomic mass is 9.97. The van der Waals surface area contributed by atoms with E-state index in [0.717, 1.165) is 16.0 Å². The van der Waals surface area contributed by atoms with Crippen LogP contribution in [0.2, 0.25) is 0 Å². The van der Waals surface area contributed by atoms with E-state index < -0.39 is 17.0 Å². The monoisotopic (exact) mass is 349 g/mol. The van der Waals surface area contributed by atoms with Gasteiger partial charge in [-0.1, -0.05) is 38.2 Å². The predicted molar refractivity (Wildman–Crippen MR) is 90.6 cm³/mol. The molecule has 0 aliphatic heterocycles. The van der Waals surface area contributed by atoms with Gasteiger partial charge in [-0.2, -0.15) is 4.68 Å². The van der Waals surface area contributed by atoms with Crippen molar-refractivity contribution in [2.45, 2.75) is 32.7 Å². The normalized spacial score (nSPS) is 12.0. The third-order valence-corrected chi connectivity index (χ3v) is 4.41. The third-order valence-electron chi connectivity index (χ3n) is 3.47. The van der Waals surface area contributed by atoms with Crippen molar-refractivity contribution < 1.29 is 8.81 Å². The number of fused-ring (bicyclic) bond motifs is 1. The Balaban J connectivity index is 2.27. The van der Waals surface area contributed by atoms with Gasteiger partial charge in [0.25, 0.3) is 0 Å². The van der Waals surface area contributed by atoms with E-state index in [9.17, 15) is 14.0 Å². The Kier molecular flexibility index (Phi) is 3.79. The smallest absolute Gasteiger partial charge is 0.391 e. The van der Waals surface area contributed by atoms with Gasteiger partial charge in [0.15, 0.2) is 5.82 Å². The van der Waals surface area contributed by atoms with Crippen LogP contribution in [-0.4, -0.2) is 14.3 Å². The van der Waals surface area contributed by atoms with Crippen molar-refractivity contribution in [3.8, 4) is 5.69 Å². The molecule has 0 aliphatic carbocycles. The molecular formula is C16H16FN3O3S. The van der Waals surface area contributed by atoms with Crippen molar-refractivity contribution in [2.24, 2.45) is 0 Å². The van der Waals surface area contributed by atoms with Gasteiger partial charge >= 0.3 is 10.6 Å². The molecule has 2 heterocycles. The zero-order chi connectivity index (χ0) is 17.6. The lowest BCUT2D eigenvalue weighted by Crippen LogP contribution is -2.16. The van der Waals surface area contributed by atoms with Gasteiger partial charge in [0.05, 0.1) is 10.2 Å². The Bertz CT molecular complexity index is 1050. The number of halogens is 1. The molecule has 0 amide bonds. The summed E-state index contributed by atoms with van der Waals surface area (Å²) in [6.07, 6.45) is 1.58. The van der Waals surface area contributed by atoms with Crippen molar-refractivity contribution in [1.82, 2.24) is 14.3 Å². The minimum absolute atomic E-state index is 0.0534. The number of rotatable bonds is 3. The van der Waals surface area contributed by atoms with E-state index in [1.807, 2.05) is 20.8 Å². The van der Waals surface area contributed by atoms with Gasteiger partial charge in [-0.25, -0.2) is 9.18 Å². The maximum Gasteiger partial charge on any atom is 0.442 e. The second kappa shape index (κ2) is 5.55. The van der Waals surface area contributed by atoms with Crippen LogP contribution in [0.5, 0.6) is 0 Å². The van der Waals surface area contributed by atoms with Gasteiger partial charge in [-0.05, 0) is 12.1 Å². The molecule has 3 rings (SSSR count).